The van der Waals surface area contributed by atoms with E-state index in [0.29, 0.717) is 18.8 Å². The summed E-state index contributed by atoms with van der Waals surface area (Å²) in [6, 6.07) is 11.6. The largest absolute Gasteiger partial charge is 0.490 e. The van der Waals surface area contributed by atoms with Gasteiger partial charge in [0.1, 0.15) is 24.7 Å². The molecule has 2 rings (SSSR count). The molecule has 0 bridgehead atoms. The summed E-state index contributed by atoms with van der Waals surface area (Å²) in [6.07, 6.45) is 1.69. The molecule has 0 saturated carbocycles. The van der Waals surface area contributed by atoms with E-state index in [-0.39, 0.29) is 17.5 Å². The molecular formula is C19H21ClFN2O2+. The van der Waals surface area contributed by atoms with Gasteiger partial charge in [-0.3, -0.25) is 4.79 Å². The zero-order chi connectivity index (χ0) is 18.2. The monoisotopic (exact) mass is 363 g/mol. The Balaban J connectivity index is 1.85. The SMILES string of the molecule is C=CCOc1ccc(C[NH+](C)CC(=O)Nc2ccc(F)cc2Cl)cc1. The molecule has 1 atom stereocenters. The van der Waals surface area contributed by atoms with E-state index < -0.39 is 5.82 Å². The van der Waals surface area contributed by atoms with Gasteiger partial charge in [-0.2, -0.15) is 0 Å². The number of ether oxygens (including phenoxy) is 1. The van der Waals surface area contributed by atoms with Crippen molar-refractivity contribution in [1.29, 1.82) is 0 Å². The van der Waals surface area contributed by atoms with Crippen molar-refractivity contribution >= 4 is 23.2 Å². The highest BCUT2D eigenvalue weighted by Gasteiger charge is 2.12. The second kappa shape index (κ2) is 9.20. The average Bonchev–Trinajstić information content (AvgIpc) is 2.56. The van der Waals surface area contributed by atoms with Gasteiger partial charge in [0.2, 0.25) is 0 Å². The molecule has 0 aliphatic rings. The molecule has 1 amide bonds. The van der Waals surface area contributed by atoms with Crippen molar-refractivity contribution in [2.75, 3.05) is 25.5 Å². The summed E-state index contributed by atoms with van der Waals surface area (Å²) < 4.78 is 18.5. The van der Waals surface area contributed by atoms with E-state index in [9.17, 15) is 9.18 Å². The highest BCUT2D eigenvalue weighted by atomic mass is 35.5. The van der Waals surface area contributed by atoms with Gasteiger partial charge in [0.25, 0.3) is 5.91 Å². The minimum atomic E-state index is -0.439. The summed E-state index contributed by atoms with van der Waals surface area (Å²) in [5.41, 5.74) is 1.50. The summed E-state index contributed by atoms with van der Waals surface area (Å²) in [6.45, 7) is 5.03. The Labute approximate surface area is 151 Å². The van der Waals surface area contributed by atoms with E-state index in [4.69, 9.17) is 16.3 Å². The number of hydrogen-bond donors (Lipinski definition) is 2. The van der Waals surface area contributed by atoms with Crippen LogP contribution < -0.4 is 15.0 Å². The Morgan fingerprint density at radius 3 is 2.68 bits per heavy atom. The van der Waals surface area contributed by atoms with Gasteiger partial charge in [0, 0.05) is 5.56 Å². The highest BCUT2D eigenvalue weighted by molar-refractivity contribution is 6.33. The molecule has 2 aromatic carbocycles. The van der Waals surface area contributed by atoms with Gasteiger partial charge in [-0.15, -0.1) is 0 Å². The van der Waals surface area contributed by atoms with Crippen LogP contribution in [0, 0.1) is 5.82 Å². The lowest BCUT2D eigenvalue weighted by atomic mass is 10.2. The third-order valence-corrected chi connectivity index (χ3v) is 3.78. The molecule has 1 unspecified atom stereocenters. The second-order valence-corrected chi connectivity index (χ2v) is 6.13. The molecule has 2 N–H and O–H groups in total. The highest BCUT2D eigenvalue weighted by Crippen LogP contribution is 2.22. The molecule has 0 radical (unpaired) electrons. The first-order chi connectivity index (χ1) is 12.0. The van der Waals surface area contributed by atoms with Crippen molar-refractivity contribution < 1.29 is 18.8 Å². The summed E-state index contributed by atoms with van der Waals surface area (Å²) in [4.78, 5) is 13.1. The Morgan fingerprint density at radius 2 is 2.04 bits per heavy atom. The van der Waals surface area contributed by atoms with Gasteiger partial charge in [-0.05, 0) is 42.5 Å². The quantitative estimate of drug-likeness (QED) is 0.708. The molecule has 25 heavy (non-hydrogen) atoms. The Hall–Kier alpha value is -2.37. The number of carbonyl (C=O) groups excluding carboxylic acids is 1. The Morgan fingerprint density at radius 1 is 1.32 bits per heavy atom. The van der Waals surface area contributed by atoms with E-state index >= 15 is 0 Å². The van der Waals surface area contributed by atoms with Crippen LogP contribution in [-0.2, 0) is 11.3 Å². The van der Waals surface area contributed by atoms with Crippen molar-refractivity contribution in [3.05, 3.63) is 71.5 Å². The summed E-state index contributed by atoms with van der Waals surface area (Å²) in [7, 11) is 1.92. The van der Waals surface area contributed by atoms with Crippen LogP contribution in [0.25, 0.3) is 0 Å². The molecule has 4 nitrogen and oxygen atoms in total. The number of hydrogen-bond acceptors (Lipinski definition) is 2. The van der Waals surface area contributed by atoms with Gasteiger partial charge in [-0.25, -0.2) is 4.39 Å². The number of anilines is 1. The van der Waals surface area contributed by atoms with Crippen molar-refractivity contribution in [2.24, 2.45) is 0 Å². The molecule has 6 heteroatoms. The zero-order valence-corrected chi connectivity index (χ0v) is 14.8. The molecular weight excluding hydrogens is 343 g/mol. The standard InChI is InChI=1S/C19H20ClFN2O2/c1-3-10-25-16-7-4-14(5-8-16)12-23(2)13-19(24)22-18-9-6-15(21)11-17(18)20/h3-9,11H,1,10,12-13H2,2H3,(H,22,24)/p+1. The van der Waals surface area contributed by atoms with E-state index in [1.807, 2.05) is 31.3 Å². The third-order valence-electron chi connectivity index (χ3n) is 3.46. The average molecular weight is 364 g/mol. The predicted octanol–water partition coefficient (Wildman–Crippen LogP) is 2.70. The van der Waals surface area contributed by atoms with Gasteiger partial charge >= 0.3 is 0 Å². The molecule has 0 heterocycles. The molecule has 0 aromatic heterocycles. The number of carbonyl (C=O) groups is 1. The first kappa shape index (κ1) is 19.0. The summed E-state index contributed by atoms with van der Waals surface area (Å²) >= 11 is 5.91. The number of likely N-dealkylation sites (N-methyl/N-ethyl adjacent to an activating group) is 1. The van der Waals surface area contributed by atoms with Crippen LogP contribution in [0.2, 0.25) is 5.02 Å². The van der Waals surface area contributed by atoms with Crippen molar-refractivity contribution in [3.8, 4) is 5.75 Å². The smallest absolute Gasteiger partial charge is 0.279 e. The minimum Gasteiger partial charge on any atom is -0.490 e. The van der Waals surface area contributed by atoms with Crippen LogP contribution in [-0.4, -0.2) is 26.1 Å². The number of rotatable bonds is 8. The summed E-state index contributed by atoms with van der Waals surface area (Å²) in [5, 5.41) is 2.88. The van der Waals surface area contributed by atoms with Crippen molar-refractivity contribution in [1.82, 2.24) is 0 Å². The Kier molecular flexibility index (Phi) is 6.98. The van der Waals surface area contributed by atoms with Gasteiger partial charge in [-0.1, -0.05) is 24.3 Å². The lowest BCUT2D eigenvalue weighted by Gasteiger charge is -2.14. The zero-order valence-electron chi connectivity index (χ0n) is 14.0. The third kappa shape index (κ3) is 6.21. The normalized spacial score (nSPS) is 11.6. The number of benzene rings is 2. The minimum absolute atomic E-state index is 0.182. The number of nitrogens with one attached hydrogen (secondary N) is 2. The molecule has 132 valence electrons. The maximum absolute atomic E-state index is 13.0. The van der Waals surface area contributed by atoms with Gasteiger partial charge < -0.3 is 15.0 Å². The molecule has 0 aliphatic heterocycles. The van der Waals surface area contributed by atoms with Crippen LogP contribution in [0.15, 0.2) is 55.1 Å². The van der Waals surface area contributed by atoms with E-state index in [2.05, 4.69) is 11.9 Å². The van der Waals surface area contributed by atoms with Gasteiger partial charge in [0.15, 0.2) is 6.54 Å². The first-order valence-corrected chi connectivity index (χ1v) is 8.24. The maximum atomic E-state index is 13.0. The lowest BCUT2D eigenvalue weighted by molar-refractivity contribution is -0.885. The lowest BCUT2D eigenvalue weighted by Crippen LogP contribution is -3.08. The Bertz CT molecular complexity index is 735. The first-order valence-electron chi connectivity index (χ1n) is 7.86. The summed E-state index contributed by atoms with van der Waals surface area (Å²) in [5.74, 6) is 0.160. The van der Waals surface area contributed by atoms with Gasteiger partial charge in [0.05, 0.1) is 17.8 Å². The fourth-order valence-corrected chi connectivity index (χ4v) is 2.54. The molecule has 0 aliphatic carbocycles. The van der Waals surface area contributed by atoms with Crippen LogP contribution in [0.1, 0.15) is 5.56 Å². The van der Waals surface area contributed by atoms with Crippen LogP contribution in [0.3, 0.4) is 0 Å². The topological polar surface area (TPSA) is 42.8 Å². The molecule has 0 saturated heterocycles. The van der Waals surface area contributed by atoms with Crippen molar-refractivity contribution in [3.63, 3.8) is 0 Å². The van der Waals surface area contributed by atoms with Crippen LogP contribution >= 0.6 is 11.6 Å². The molecule has 2 aromatic rings. The fraction of sp³-hybridized carbons (Fsp3) is 0.211. The number of halogens is 2. The second-order valence-electron chi connectivity index (χ2n) is 5.73. The molecule has 0 fully saturated rings. The number of quaternary nitrogens is 1. The predicted molar refractivity (Wildman–Crippen MR) is 97.6 cm³/mol. The maximum Gasteiger partial charge on any atom is 0.279 e. The van der Waals surface area contributed by atoms with E-state index in [1.54, 1.807) is 6.08 Å². The fourth-order valence-electron chi connectivity index (χ4n) is 2.33. The van der Waals surface area contributed by atoms with Crippen LogP contribution in [0.4, 0.5) is 10.1 Å². The number of amides is 1. The van der Waals surface area contributed by atoms with E-state index in [1.165, 1.54) is 18.2 Å². The van der Waals surface area contributed by atoms with Crippen molar-refractivity contribution in [2.45, 2.75) is 6.54 Å². The molecule has 0 spiro atoms. The van der Waals surface area contributed by atoms with E-state index in [0.717, 1.165) is 16.2 Å². The van der Waals surface area contributed by atoms with Crippen LogP contribution in [0.5, 0.6) is 5.75 Å².